The summed E-state index contributed by atoms with van der Waals surface area (Å²) < 4.78 is 0. The zero-order valence-corrected chi connectivity index (χ0v) is 10.5. The fraction of sp³-hybridized carbons (Fsp3) is 0.538. The maximum Gasteiger partial charge on any atom is 0.237 e. The van der Waals surface area contributed by atoms with Crippen molar-refractivity contribution in [2.24, 2.45) is 11.7 Å². The van der Waals surface area contributed by atoms with Crippen LogP contribution in [-0.4, -0.2) is 23.5 Å². The molecule has 17 heavy (non-hydrogen) atoms. The summed E-state index contributed by atoms with van der Waals surface area (Å²) in [6.07, 6.45) is 5.23. The average molecular weight is 235 g/mol. The second kappa shape index (κ2) is 7.01. The predicted octanol–water partition coefficient (Wildman–Crippen LogP) is 1.11. The van der Waals surface area contributed by atoms with E-state index in [2.05, 4.69) is 10.3 Å². The number of hydrogen-bond donors (Lipinski definition) is 2. The normalized spacial score (nSPS) is 14.1. The van der Waals surface area contributed by atoms with E-state index in [1.165, 1.54) is 0 Å². The van der Waals surface area contributed by atoms with Crippen LogP contribution in [0.15, 0.2) is 24.5 Å². The highest BCUT2D eigenvalue weighted by Crippen LogP contribution is 2.05. The van der Waals surface area contributed by atoms with Gasteiger partial charge in [-0.1, -0.05) is 20.3 Å². The minimum absolute atomic E-state index is 0.0617. The molecule has 4 heteroatoms. The minimum Gasteiger partial charge on any atom is -0.354 e. The highest BCUT2D eigenvalue weighted by Gasteiger charge is 2.18. The first-order chi connectivity index (χ1) is 8.15. The highest BCUT2D eigenvalue weighted by molar-refractivity contribution is 5.81. The van der Waals surface area contributed by atoms with Crippen LogP contribution in [0.5, 0.6) is 0 Å². The third-order valence-corrected chi connectivity index (χ3v) is 3.02. The molecule has 0 bridgehead atoms. The summed E-state index contributed by atoms with van der Waals surface area (Å²) in [5.74, 6) is 0.157. The van der Waals surface area contributed by atoms with Crippen LogP contribution >= 0.6 is 0 Å². The number of aromatic nitrogens is 1. The molecule has 0 aliphatic heterocycles. The van der Waals surface area contributed by atoms with Crippen molar-refractivity contribution in [2.45, 2.75) is 32.7 Å². The van der Waals surface area contributed by atoms with Crippen molar-refractivity contribution >= 4 is 5.91 Å². The molecule has 0 fully saturated rings. The summed E-state index contributed by atoms with van der Waals surface area (Å²) >= 11 is 0. The lowest BCUT2D eigenvalue weighted by Crippen LogP contribution is -2.45. The van der Waals surface area contributed by atoms with Gasteiger partial charge in [0, 0.05) is 18.9 Å². The Labute approximate surface area is 103 Å². The molecule has 0 aliphatic carbocycles. The Kier molecular flexibility index (Phi) is 5.63. The molecule has 4 nitrogen and oxygen atoms in total. The van der Waals surface area contributed by atoms with E-state index in [1.807, 2.05) is 26.0 Å². The molecular weight excluding hydrogens is 214 g/mol. The van der Waals surface area contributed by atoms with Crippen molar-refractivity contribution in [1.29, 1.82) is 0 Å². The summed E-state index contributed by atoms with van der Waals surface area (Å²) in [6, 6.07) is 3.49. The van der Waals surface area contributed by atoms with Crippen LogP contribution in [-0.2, 0) is 11.2 Å². The third-order valence-electron chi connectivity index (χ3n) is 3.02. The monoisotopic (exact) mass is 235 g/mol. The van der Waals surface area contributed by atoms with Gasteiger partial charge in [-0.3, -0.25) is 9.78 Å². The Balaban J connectivity index is 2.29. The minimum atomic E-state index is -0.405. The van der Waals surface area contributed by atoms with Gasteiger partial charge in [0.1, 0.15) is 0 Å². The Bertz CT molecular complexity index is 340. The van der Waals surface area contributed by atoms with Crippen LogP contribution in [0.3, 0.4) is 0 Å². The maximum absolute atomic E-state index is 11.7. The van der Waals surface area contributed by atoms with E-state index in [4.69, 9.17) is 5.73 Å². The van der Waals surface area contributed by atoms with Gasteiger partial charge in [-0.25, -0.2) is 0 Å². The number of nitrogens with zero attached hydrogens (tertiary/aromatic N) is 1. The maximum atomic E-state index is 11.7. The molecular formula is C13H21N3O. The molecule has 1 aromatic rings. The van der Waals surface area contributed by atoms with E-state index in [-0.39, 0.29) is 11.8 Å². The topological polar surface area (TPSA) is 68.0 Å². The van der Waals surface area contributed by atoms with Gasteiger partial charge in [0.25, 0.3) is 0 Å². The summed E-state index contributed by atoms with van der Waals surface area (Å²) in [6.45, 7) is 4.65. The van der Waals surface area contributed by atoms with Crippen LogP contribution in [0.25, 0.3) is 0 Å². The van der Waals surface area contributed by atoms with Crippen LogP contribution in [0.1, 0.15) is 25.8 Å². The number of nitrogens with one attached hydrogen (secondary N) is 1. The standard InChI is InChI=1S/C13H21N3O/c1-3-10(2)12(14)13(17)16-9-6-11-4-7-15-8-5-11/h4-5,7-8,10,12H,3,6,9,14H2,1-2H3,(H,16,17). The first kappa shape index (κ1) is 13.6. The Morgan fingerprint density at radius 1 is 1.47 bits per heavy atom. The number of hydrogen-bond acceptors (Lipinski definition) is 3. The first-order valence-corrected chi connectivity index (χ1v) is 6.07. The molecule has 94 valence electrons. The third kappa shape index (κ3) is 4.53. The van der Waals surface area contributed by atoms with Gasteiger partial charge in [-0.2, -0.15) is 0 Å². The second-order valence-electron chi connectivity index (χ2n) is 4.31. The number of nitrogens with two attached hydrogens (primary N) is 1. The Hall–Kier alpha value is -1.42. The number of pyridine rings is 1. The van der Waals surface area contributed by atoms with Crippen molar-refractivity contribution in [3.63, 3.8) is 0 Å². The molecule has 0 radical (unpaired) electrons. The van der Waals surface area contributed by atoms with E-state index in [9.17, 15) is 4.79 Å². The van der Waals surface area contributed by atoms with Crippen LogP contribution < -0.4 is 11.1 Å². The lowest BCUT2D eigenvalue weighted by molar-refractivity contribution is -0.123. The Morgan fingerprint density at radius 3 is 2.71 bits per heavy atom. The SMILES string of the molecule is CCC(C)C(N)C(=O)NCCc1ccncc1. The molecule has 3 N–H and O–H groups in total. The molecule has 0 saturated carbocycles. The molecule has 0 aliphatic rings. The molecule has 2 atom stereocenters. The van der Waals surface area contributed by atoms with Gasteiger partial charge >= 0.3 is 0 Å². The van der Waals surface area contributed by atoms with Gasteiger partial charge in [0.2, 0.25) is 5.91 Å². The number of carbonyl (C=O) groups excluding carboxylic acids is 1. The fourth-order valence-corrected chi connectivity index (χ4v) is 1.51. The predicted molar refractivity (Wildman–Crippen MR) is 68.4 cm³/mol. The Morgan fingerprint density at radius 2 is 2.12 bits per heavy atom. The van der Waals surface area contributed by atoms with Crippen molar-refractivity contribution in [2.75, 3.05) is 6.54 Å². The summed E-state index contributed by atoms with van der Waals surface area (Å²) in [5, 5.41) is 2.86. The number of rotatable bonds is 6. The molecule has 1 amide bonds. The van der Waals surface area contributed by atoms with Gasteiger partial charge in [0.15, 0.2) is 0 Å². The van der Waals surface area contributed by atoms with Gasteiger partial charge < -0.3 is 11.1 Å². The van der Waals surface area contributed by atoms with Gasteiger partial charge in [0.05, 0.1) is 6.04 Å². The van der Waals surface area contributed by atoms with E-state index in [0.717, 1.165) is 18.4 Å². The summed E-state index contributed by atoms with van der Waals surface area (Å²) in [4.78, 5) is 15.6. The van der Waals surface area contributed by atoms with Gasteiger partial charge in [-0.05, 0) is 30.0 Å². The van der Waals surface area contributed by atoms with E-state index >= 15 is 0 Å². The lowest BCUT2D eigenvalue weighted by atomic mass is 9.99. The largest absolute Gasteiger partial charge is 0.354 e. The second-order valence-corrected chi connectivity index (χ2v) is 4.31. The zero-order valence-electron chi connectivity index (χ0n) is 10.5. The number of carbonyl (C=O) groups is 1. The molecule has 1 heterocycles. The zero-order chi connectivity index (χ0) is 12.7. The molecule has 0 spiro atoms. The van der Waals surface area contributed by atoms with Crippen molar-refractivity contribution in [3.8, 4) is 0 Å². The first-order valence-electron chi connectivity index (χ1n) is 6.07. The molecule has 2 unspecified atom stereocenters. The summed E-state index contributed by atoms with van der Waals surface area (Å²) in [7, 11) is 0. The van der Waals surface area contributed by atoms with E-state index in [0.29, 0.717) is 6.54 Å². The van der Waals surface area contributed by atoms with Crippen molar-refractivity contribution < 1.29 is 4.79 Å². The smallest absolute Gasteiger partial charge is 0.237 e. The molecule has 1 aromatic heterocycles. The number of amides is 1. The molecule has 0 saturated heterocycles. The van der Waals surface area contributed by atoms with Crippen molar-refractivity contribution in [3.05, 3.63) is 30.1 Å². The molecule has 1 rings (SSSR count). The van der Waals surface area contributed by atoms with Crippen molar-refractivity contribution in [1.82, 2.24) is 10.3 Å². The molecule has 0 aromatic carbocycles. The van der Waals surface area contributed by atoms with E-state index in [1.54, 1.807) is 12.4 Å². The quantitative estimate of drug-likeness (QED) is 0.776. The fourth-order valence-electron chi connectivity index (χ4n) is 1.51. The van der Waals surface area contributed by atoms with Crippen LogP contribution in [0, 0.1) is 5.92 Å². The van der Waals surface area contributed by atoms with E-state index < -0.39 is 6.04 Å². The lowest BCUT2D eigenvalue weighted by Gasteiger charge is -2.17. The van der Waals surface area contributed by atoms with Crippen LogP contribution in [0.4, 0.5) is 0 Å². The average Bonchev–Trinajstić information content (AvgIpc) is 2.38. The highest BCUT2D eigenvalue weighted by atomic mass is 16.2. The van der Waals surface area contributed by atoms with Gasteiger partial charge in [-0.15, -0.1) is 0 Å². The summed E-state index contributed by atoms with van der Waals surface area (Å²) in [5.41, 5.74) is 6.99. The van der Waals surface area contributed by atoms with Crippen LogP contribution in [0.2, 0.25) is 0 Å².